The number of ether oxygens (including phenoxy) is 1. The third-order valence-electron chi connectivity index (χ3n) is 6.25. The van der Waals surface area contributed by atoms with E-state index in [1.807, 2.05) is 32.7 Å². The topological polar surface area (TPSA) is 88.4 Å². The minimum absolute atomic E-state index is 0.210. The molecule has 10 heteroatoms. The Labute approximate surface area is 181 Å². The molecule has 0 unspecified atom stereocenters. The van der Waals surface area contributed by atoms with Crippen molar-refractivity contribution < 1.29 is 13.9 Å². The Morgan fingerprint density at radius 2 is 1.81 bits per heavy atom. The number of likely N-dealkylation sites (tertiary alicyclic amines) is 1. The third kappa shape index (κ3) is 4.03. The summed E-state index contributed by atoms with van der Waals surface area (Å²) in [7, 11) is 1.81. The van der Waals surface area contributed by atoms with Crippen LogP contribution in [0.25, 0.3) is 0 Å². The molecule has 2 atom stereocenters. The van der Waals surface area contributed by atoms with Gasteiger partial charge in [-0.25, -0.2) is 14.2 Å². The molecule has 2 aliphatic heterocycles. The molecule has 168 valence electrons. The van der Waals surface area contributed by atoms with Gasteiger partial charge in [0.1, 0.15) is 5.60 Å². The molecule has 1 amide bonds. The zero-order valence-electron chi connectivity index (χ0n) is 18.9. The van der Waals surface area contributed by atoms with Gasteiger partial charge in [-0.1, -0.05) is 13.8 Å². The maximum absolute atomic E-state index is 14.7. The summed E-state index contributed by atoms with van der Waals surface area (Å²) in [6, 6.07) is 0. The molecule has 0 saturated carbocycles. The van der Waals surface area contributed by atoms with Crippen LogP contribution in [0.2, 0.25) is 0 Å². The van der Waals surface area contributed by atoms with E-state index in [0.29, 0.717) is 32.1 Å². The van der Waals surface area contributed by atoms with Crippen molar-refractivity contribution in [3.8, 4) is 0 Å². The third-order valence-corrected chi connectivity index (χ3v) is 6.25. The van der Waals surface area contributed by atoms with Crippen LogP contribution >= 0.6 is 0 Å². The van der Waals surface area contributed by atoms with Crippen LogP contribution in [0.1, 0.15) is 34.6 Å². The van der Waals surface area contributed by atoms with Crippen LogP contribution in [0.4, 0.5) is 26.6 Å². The van der Waals surface area contributed by atoms with Crippen LogP contribution in [-0.4, -0.2) is 62.5 Å². The highest BCUT2D eigenvalue weighted by Gasteiger charge is 2.59. The second-order valence-corrected chi connectivity index (χ2v) is 10.2. The molecule has 4 rings (SSSR count). The van der Waals surface area contributed by atoms with E-state index in [9.17, 15) is 9.18 Å². The van der Waals surface area contributed by atoms with Gasteiger partial charge in [0.15, 0.2) is 11.6 Å². The highest BCUT2D eigenvalue weighted by Crippen LogP contribution is 2.52. The van der Waals surface area contributed by atoms with E-state index in [0.717, 1.165) is 5.69 Å². The Kier molecular flexibility index (Phi) is 4.86. The van der Waals surface area contributed by atoms with Gasteiger partial charge in [-0.15, -0.1) is 0 Å². The molecule has 0 spiro atoms. The monoisotopic (exact) mass is 431 g/mol. The molecule has 0 aliphatic carbocycles. The number of carbonyl (C=O) groups excluding carboxylic acids is 1. The summed E-state index contributed by atoms with van der Waals surface area (Å²) < 4.78 is 21.9. The van der Waals surface area contributed by atoms with Crippen LogP contribution in [-0.2, 0) is 11.8 Å². The lowest BCUT2D eigenvalue weighted by Crippen LogP contribution is -2.39. The number of nitrogens with zero attached hydrogens (tertiary/aromatic N) is 6. The summed E-state index contributed by atoms with van der Waals surface area (Å²) in [5.74, 6) is 0.113. The summed E-state index contributed by atoms with van der Waals surface area (Å²) in [6.45, 7) is 12.2. The summed E-state index contributed by atoms with van der Waals surface area (Å²) in [4.78, 5) is 24.8. The second-order valence-electron chi connectivity index (χ2n) is 10.2. The minimum atomic E-state index is -0.537. The summed E-state index contributed by atoms with van der Waals surface area (Å²) in [5.41, 5.74) is -0.230. The highest BCUT2D eigenvalue weighted by molar-refractivity contribution is 5.69. The maximum atomic E-state index is 14.7. The van der Waals surface area contributed by atoms with Crippen LogP contribution in [0.15, 0.2) is 18.6 Å². The maximum Gasteiger partial charge on any atom is 0.410 e. The van der Waals surface area contributed by atoms with Crippen molar-refractivity contribution in [2.45, 2.75) is 40.2 Å². The predicted molar refractivity (Wildman–Crippen MR) is 115 cm³/mol. The lowest BCUT2D eigenvalue weighted by molar-refractivity contribution is 0.0269. The fraction of sp³-hybridized carbons (Fsp3) is 0.619. The first-order valence-corrected chi connectivity index (χ1v) is 10.4. The van der Waals surface area contributed by atoms with Gasteiger partial charge < -0.3 is 19.9 Å². The van der Waals surface area contributed by atoms with Crippen molar-refractivity contribution >= 4 is 23.5 Å². The molecular weight excluding hydrogens is 401 g/mol. The fourth-order valence-electron chi connectivity index (χ4n) is 4.52. The highest BCUT2D eigenvalue weighted by atomic mass is 19.1. The van der Waals surface area contributed by atoms with Crippen molar-refractivity contribution in [2.24, 2.45) is 17.9 Å². The number of anilines is 3. The van der Waals surface area contributed by atoms with E-state index in [2.05, 4.69) is 34.2 Å². The van der Waals surface area contributed by atoms with Gasteiger partial charge in [0.2, 0.25) is 5.95 Å². The van der Waals surface area contributed by atoms with Crippen molar-refractivity contribution in [3.63, 3.8) is 0 Å². The fourth-order valence-corrected chi connectivity index (χ4v) is 4.52. The number of amides is 1. The predicted octanol–water partition coefficient (Wildman–Crippen LogP) is 3.18. The second kappa shape index (κ2) is 7.06. The van der Waals surface area contributed by atoms with Crippen molar-refractivity contribution in [2.75, 3.05) is 36.4 Å². The summed E-state index contributed by atoms with van der Waals surface area (Å²) in [5, 5.41) is 7.16. The Morgan fingerprint density at radius 1 is 1.16 bits per heavy atom. The molecule has 0 radical (unpaired) electrons. The van der Waals surface area contributed by atoms with E-state index in [1.54, 1.807) is 22.0 Å². The molecule has 2 aromatic rings. The molecule has 2 aromatic heterocycles. The average molecular weight is 432 g/mol. The smallest absolute Gasteiger partial charge is 0.410 e. The molecule has 0 bridgehead atoms. The Bertz CT molecular complexity index is 984. The molecule has 2 aliphatic rings. The SMILES string of the molecule is Cn1cc(Nc2ncc(F)c(N3C[C@]4(C)CN(C(=O)OC(C)(C)C)C[C@]4(C)C3)n2)cn1. The Hall–Kier alpha value is -2.91. The minimum Gasteiger partial charge on any atom is -0.444 e. The van der Waals surface area contributed by atoms with Crippen LogP contribution in [0.3, 0.4) is 0 Å². The van der Waals surface area contributed by atoms with Crippen LogP contribution in [0, 0.1) is 16.6 Å². The first kappa shape index (κ1) is 21.3. The number of nitrogens with one attached hydrogen (secondary N) is 1. The van der Waals surface area contributed by atoms with Gasteiger partial charge in [0.25, 0.3) is 0 Å². The summed E-state index contributed by atoms with van der Waals surface area (Å²) in [6.07, 6.45) is 4.33. The van der Waals surface area contributed by atoms with Gasteiger partial charge in [0.05, 0.1) is 18.1 Å². The van der Waals surface area contributed by atoms with E-state index in [4.69, 9.17) is 4.74 Å². The number of aryl methyl sites for hydroxylation is 1. The first-order valence-electron chi connectivity index (χ1n) is 10.4. The average Bonchev–Trinajstić information content (AvgIpc) is 3.23. The standard InChI is InChI=1S/C21H30FN7O2/c1-19(2,3)31-18(30)29-12-20(4)10-28(11-21(20,5)13-29)16-15(22)8-23-17(26-16)25-14-7-24-27(6)9-14/h7-9H,10-13H2,1-6H3,(H,23,25,26)/t20-,21+. The number of hydrogen-bond donors (Lipinski definition) is 1. The van der Waals surface area contributed by atoms with Gasteiger partial charge >= 0.3 is 6.09 Å². The van der Waals surface area contributed by atoms with Crippen molar-refractivity contribution in [1.82, 2.24) is 24.6 Å². The van der Waals surface area contributed by atoms with Gasteiger partial charge in [-0.3, -0.25) is 4.68 Å². The molecule has 0 aromatic carbocycles. The zero-order valence-corrected chi connectivity index (χ0v) is 18.9. The van der Waals surface area contributed by atoms with E-state index in [-0.39, 0.29) is 22.7 Å². The molecular formula is C21H30FN7O2. The number of hydrogen-bond acceptors (Lipinski definition) is 7. The van der Waals surface area contributed by atoms with E-state index < -0.39 is 11.4 Å². The molecule has 2 fully saturated rings. The Balaban J connectivity index is 1.51. The van der Waals surface area contributed by atoms with Crippen LogP contribution < -0.4 is 10.2 Å². The summed E-state index contributed by atoms with van der Waals surface area (Å²) >= 11 is 0. The van der Waals surface area contributed by atoms with Crippen molar-refractivity contribution in [3.05, 3.63) is 24.4 Å². The molecule has 4 heterocycles. The van der Waals surface area contributed by atoms with Crippen molar-refractivity contribution in [1.29, 1.82) is 0 Å². The van der Waals surface area contributed by atoms with Gasteiger partial charge in [0, 0.05) is 50.3 Å². The number of halogens is 1. The lowest BCUT2D eigenvalue weighted by Gasteiger charge is -2.29. The largest absolute Gasteiger partial charge is 0.444 e. The molecule has 1 N–H and O–H groups in total. The number of rotatable bonds is 3. The number of aromatic nitrogens is 4. The van der Waals surface area contributed by atoms with E-state index in [1.165, 1.54) is 6.20 Å². The zero-order chi connectivity index (χ0) is 22.6. The lowest BCUT2D eigenvalue weighted by atomic mass is 9.71. The number of fused-ring (bicyclic) bond motifs is 1. The van der Waals surface area contributed by atoms with Gasteiger partial charge in [-0.05, 0) is 20.8 Å². The molecule has 31 heavy (non-hydrogen) atoms. The van der Waals surface area contributed by atoms with Gasteiger partial charge in [-0.2, -0.15) is 10.1 Å². The molecule has 2 saturated heterocycles. The normalized spacial score (nSPS) is 25.6. The van der Waals surface area contributed by atoms with E-state index >= 15 is 0 Å². The van der Waals surface area contributed by atoms with Crippen LogP contribution in [0.5, 0.6) is 0 Å². The molecule has 9 nitrogen and oxygen atoms in total. The first-order chi connectivity index (χ1) is 14.4. The quantitative estimate of drug-likeness (QED) is 0.798. The number of carbonyl (C=O) groups is 1. The Morgan fingerprint density at radius 3 is 2.35 bits per heavy atom.